The van der Waals surface area contributed by atoms with E-state index in [0.717, 1.165) is 18.2 Å². The Balaban J connectivity index is 3.21. The van der Waals surface area contributed by atoms with Crippen molar-refractivity contribution in [3.63, 3.8) is 0 Å². The summed E-state index contributed by atoms with van der Waals surface area (Å²) >= 11 is 5.72. The number of carboxylic acid groups (broad SMARTS) is 1. The molecule has 0 spiro atoms. The monoisotopic (exact) mass is 278 g/mol. The second kappa shape index (κ2) is 5.03. The molecule has 0 bridgehead atoms. The number of halogens is 1. The lowest BCUT2D eigenvalue weighted by atomic mass is 10.2. The fourth-order valence-corrected chi connectivity index (χ4v) is 3.27. The highest BCUT2D eigenvalue weighted by Gasteiger charge is 2.21. The van der Waals surface area contributed by atoms with Gasteiger partial charge in [0.15, 0.2) is 9.84 Å². The highest BCUT2D eigenvalue weighted by molar-refractivity contribution is 7.91. The molecule has 2 N–H and O–H groups in total. The summed E-state index contributed by atoms with van der Waals surface area (Å²) in [6, 6.07) is 3.35. The van der Waals surface area contributed by atoms with Crippen molar-refractivity contribution < 1.29 is 23.4 Å². The first-order valence-electron chi connectivity index (χ1n) is 4.67. The minimum atomic E-state index is -3.71. The molecule has 1 atom stereocenters. The first-order chi connectivity index (χ1) is 7.74. The van der Waals surface area contributed by atoms with Crippen molar-refractivity contribution >= 4 is 27.4 Å². The standard InChI is InChI=1S/C10H11ClO5S/c1-6(12)5-17(15,16)9-3-2-7(10(13)14)4-8(9)11/h2-4,6,12H,5H2,1H3,(H,13,14). The molecule has 0 aliphatic heterocycles. The zero-order valence-corrected chi connectivity index (χ0v) is 10.5. The fourth-order valence-electron chi connectivity index (χ4n) is 1.29. The van der Waals surface area contributed by atoms with Crippen LogP contribution in [-0.4, -0.2) is 36.5 Å². The van der Waals surface area contributed by atoms with Crippen LogP contribution in [0.1, 0.15) is 17.3 Å². The third-order valence-electron chi connectivity index (χ3n) is 1.97. The molecule has 0 saturated heterocycles. The normalized spacial score (nSPS) is 13.4. The molecule has 0 aliphatic rings. The molecule has 1 rings (SSSR count). The second-order valence-electron chi connectivity index (χ2n) is 3.58. The van der Waals surface area contributed by atoms with E-state index < -0.39 is 27.7 Å². The molecule has 1 aromatic rings. The molecule has 0 heterocycles. The maximum absolute atomic E-state index is 11.8. The quantitative estimate of drug-likeness (QED) is 0.863. The molecular weight excluding hydrogens is 268 g/mol. The van der Waals surface area contributed by atoms with Gasteiger partial charge in [-0.1, -0.05) is 11.6 Å². The zero-order chi connectivity index (χ0) is 13.2. The van der Waals surface area contributed by atoms with Crippen molar-refractivity contribution in [3.05, 3.63) is 28.8 Å². The molecule has 0 radical (unpaired) electrons. The van der Waals surface area contributed by atoms with Crippen LogP contribution in [0.25, 0.3) is 0 Å². The number of hydrogen-bond donors (Lipinski definition) is 2. The van der Waals surface area contributed by atoms with E-state index in [-0.39, 0.29) is 15.5 Å². The number of carboxylic acids is 1. The van der Waals surface area contributed by atoms with Crippen molar-refractivity contribution in [2.24, 2.45) is 0 Å². The Labute approximate surface area is 104 Å². The zero-order valence-electron chi connectivity index (χ0n) is 8.92. The Morgan fingerprint density at radius 2 is 2.06 bits per heavy atom. The molecule has 0 saturated carbocycles. The summed E-state index contributed by atoms with van der Waals surface area (Å²) in [6.07, 6.45) is -1.02. The van der Waals surface area contributed by atoms with Crippen LogP contribution in [0.15, 0.2) is 23.1 Å². The van der Waals surface area contributed by atoms with Gasteiger partial charge in [-0.2, -0.15) is 0 Å². The number of carbonyl (C=O) groups is 1. The van der Waals surface area contributed by atoms with E-state index >= 15 is 0 Å². The number of rotatable bonds is 4. The molecule has 0 fully saturated rings. The van der Waals surface area contributed by atoms with E-state index in [9.17, 15) is 13.2 Å². The number of hydrogen-bond acceptors (Lipinski definition) is 4. The number of aromatic carboxylic acids is 1. The number of aliphatic hydroxyl groups excluding tert-OH is 1. The van der Waals surface area contributed by atoms with Gasteiger partial charge < -0.3 is 10.2 Å². The van der Waals surface area contributed by atoms with Crippen LogP contribution < -0.4 is 0 Å². The molecule has 0 amide bonds. The van der Waals surface area contributed by atoms with Crippen molar-refractivity contribution in [3.8, 4) is 0 Å². The highest BCUT2D eigenvalue weighted by atomic mass is 35.5. The van der Waals surface area contributed by atoms with E-state index in [1.165, 1.54) is 6.92 Å². The first-order valence-corrected chi connectivity index (χ1v) is 6.70. The van der Waals surface area contributed by atoms with E-state index in [1.807, 2.05) is 0 Å². The average Bonchev–Trinajstić information content (AvgIpc) is 2.14. The lowest BCUT2D eigenvalue weighted by Crippen LogP contribution is -2.18. The SMILES string of the molecule is CC(O)CS(=O)(=O)c1ccc(C(=O)O)cc1Cl. The van der Waals surface area contributed by atoms with E-state index in [1.54, 1.807) is 0 Å². The van der Waals surface area contributed by atoms with Crippen molar-refractivity contribution in [2.45, 2.75) is 17.9 Å². The van der Waals surface area contributed by atoms with Crippen molar-refractivity contribution in [1.29, 1.82) is 0 Å². The van der Waals surface area contributed by atoms with Crippen LogP contribution in [0, 0.1) is 0 Å². The molecule has 0 aliphatic carbocycles. The number of aliphatic hydroxyl groups is 1. The summed E-state index contributed by atoms with van der Waals surface area (Å²) in [5.74, 6) is -1.65. The molecule has 5 nitrogen and oxygen atoms in total. The summed E-state index contributed by atoms with van der Waals surface area (Å²) in [4.78, 5) is 10.5. The first kappa shape index (κ1) is 14.0. The van der Waals surface area contributed by atoms with Gasteiger partial charge >= 0.3 is 5.97 Å². The third-order valence-corrected chi connectivity index (χ3v) is 4.35. The minimum Gasteiger partial charge on any atom is -0.478 e. The maximum Gasteiger partial charge on any atom is 0.335 e. The van der Waals surface area contributed by atoms with Gasteiger partial charge in [0.1, 0.15) is 0 Å². The summed E-state index contributed by atoms with van der Waals surface area (Å²) in [5, 5.41) is 17.6. The van der Waals surface area contributed by atoms with Gasteiger partial charge in [-0.05, 0) is 25.1 Å². The molecule has 0 aromatic heterocycles. The largest absolute Gasteiger partial charge is 0.478 e. The average molecular weight is 279 g/mol. The molecular formula is C10H11ClO5S. The van der Waals surface area contributed by atoms with Gasteiger partial charge in [0, 0.05) is 0 Å². The Morgan fingerprint density at radius 3 is 2.47 bits per heavy atom. The van der Waals surface area contributed by atoms with Gasteiger partial charge in [0.05, 0.1) is 27.3 Å². The molecule has 17 heavy (non-hydrogen) atoms. The maximum atomic E-state index is 11.8. The Bertz CT molecular complexity index is 536. The van der Waals surface area contributed by atoms with E-state index in [0.29, 0.717) is 0 Å². The summed E-state index contributed by atoms with van der Waals surface area (Å²) in [7, 11) is -3.71. The fraction of sp³-hybridized carbons (Fsp3) is 0.300. The molecule has 94 valence electrons. The van der Waals surface area contributed by atoms with Crippen LogP contribution in [0.2, 0.25) is 5.02 Å². The van der Waals surface area contributed by atoms with Crippen molar-refractivity contribution in [2.75, 3.05) is 5.75 Å². The predicted molar refractivity (Wildman–Crippen MR) is 62.1 cm³/mol. The molecule has 7 heteroatoms. The topological polar surface area (TPSA) is 91.7 Å². The van der Waals surface area contributed by atoms with E-state index in [2.05, 4.69) is 0 Å². The number of benzene rings is 1. The molecule has 1 unspecified atom stereocenters. The van der Waals surface area contributed by atoms with Gasteiger partial charge in [0.25, 0.3) is 0 Å². The Hall–Kier alpha value is -1.11. The molecule has 1 aromatic carbocycles. The second-order valence-corrected chi connectivity index (χ2v) is 5.99. The van der Waals surface area contributed by atoms with Gasteiger partial charge in [-0.15, -0.1) is 0 Å². The minimum absolute atomic E-state index is 0.0917. The van der Waals surface area contributed by atoms with Gasteiger partial charge in [-0.25, -0.2) is 13.2 Å². The van der Waals surface area contributed by atoms with Crippen LogP contribution in [0.4, 0.5) is 0 Å². The lowest BCUT2D eigenvalue weighted by molar-refractivity contribution is 0.0696. The van der Waals surface area contributed by atoms with Crippen LogP contribution in [-0.2, 0) is 9.84 Å². The lowest BCUT2D eigenvalue weighted by Gasteiger charge is -2.08. The third kappa shape index (κ3) is 3.42. The Morgan fingerprint density at radius 1 is 1.47 bits per heavy atom. The van der Waals surface area contributed by atoms with Gasteiger partial charge in [-0.3, -0.25) is 0 Å². The smallest absolute Gasteiger partial charge is 0.335 e. The summed E-state index contributed by atoms with van der Waals surface area (Å²) < 4.78 is 23.5. The van der Waals surface area contributed by atoms with Crippen LogP contribution >= 0.6 is 11.6 Å². The van der Waals surface area contributed by atoms with Crippen LogP contribution in [0.3, 0.4) is 0 Å². The van der Waals surface area contributed by atoms with Crippen molar-refractivity contribution in [1.82, 2.24) is 0 Å². The van der Waals surface area contributed by atoms with E-state index in [4.69, 9.17) is 21.8 Å². The summed E-state index contributed by atoms with van der Waals surface area (Å²) in [6.45, 7) is 1.34. The number of sulfone groups is 1. The van der Waals surface area contributed by atoms with Gasteiger partial charge in [0.2, 0.25) is 0 Å². The van der Waals surface area contributed by atoms with Crippen LogP contribution in [0.5, 0.6) is 0 Å². The summed E-state index contributed by atoms with van der Waals surface area (Å²) in [5.41, 5.74) is -0.0917. The predicted octanol–water partition coefficient (Wildman–Crippen LogP) is 1.19. The Kier molecular flexibility index (Phi) is 4.13. The highest BCUT2D eigenvalue weighted by Crippen LogP contribution is 2.24.